The van der Waals surface area contributed by atoms with Crippen LogP contribution in [0.1, 0.15) is 28.6 Å². The van der Waals surface area contributed by atoms with Crippen LogP contribution in [0.3, 0.4) is 0 Å². The first-order valence-corrected chi connectivity index (χ1v) is 7.29. The van der Waals surface area contributed by atoms with E-state index in [0.29, 0.717) is 6.04 Å². The Kier molecular flexibility index (Phi) is 2.02. The molecule has 0 saturated carbocycles. The minimum Gasteiger partial charge on any atom is -0.467 e. The molecule has 0 unspecified atom stereocenters. The van der Waals surface area contributed by atoms with Crippen LogP contribution in [-0.2, 0) is 19.4 Å². The molecule has 4 heterocycles. The van der Waals surface area contributed by atoms with Gasteiger partial charge in [0.05, 0.1) is 12.3 Å². The van der Waals surface area contributed by atoms with Gasteiger partial charge in [-0.2, -0.15) is 0 Å². The van der Waals surface area contributed by atoms with E-state index >= 15 is 0 Å². The molecule has 1 N–H and O–H groups in total. The highest BCUT2D eigenvalue weighted by Gasteiger charge is 2.35. The summed E-state index contributed by atoms with van der Waals surface area (Å²) in [6.07, 6.45) is 4.01. The van der Waals surface area contributed by atoms with Gasteiger partial charge in [-0.05, 0) is 36.1 Å². The summed E-state index contributed by atoms with van der Waals surface area (Å²) in [6.45, 7) is 2.14. The van der Waals surface area contributed by atoms with E-state index in [4.69, 9.17) is 4.42 Å². The summed E-state index contributed by atoms with van der Waals surface area (Å²) in [6, 6.07) is 11.2. The van der Waals surface area contributed by atoms with Crippen LogP contribution < -0.4 is 0 Å². The number of para-hydroxylation sites is 1. The topological polar surface area (TPSA) is 32.2 Å². The van der Waals surface area contributed by atoms with E-state index in [1.807, 2.05) is 6.26 Å². The predicted octanol–water partition coefficient (Wildman–Crippen LogP) is 3.42. The number of hydrogen-bond donors (Lipinski definition) is 1. The second kappa shape index (κ2) is 3.76. The normalized spacial score (nSPS) is 21.5. The number of furan rings is 1. The second-order valence-corrected chi connectivity index (χ2v) is 5.88. The van der Waals surface area contributed by atoms with Gasteiger partial charge in [-0.3, -0.25) is 4.90 Å². The molecular formula is C17H16N2O. The third-order valence-corrected chi connectivity index (χ3v) is 4.85. The van der Waals surface area contributed by atoms with Crippen molar-refractivity contribution in [3.8, 4) is 0 Å². The van der Waals surface area contributed by atoms with Crippen molar-refractivity contribution in [3.05, 3.63) is 59.2 Å². The molecule has 100 valence electrons. The number of fused-ring (bicyclic) bond motifs is 6. The van der Waals surface area contributed by atoms with Gasteiger partial charge in [0, 0.05) is 29.7 Å². The smallest absolute Gasteiger partial charge is 0.124 e. The third-order valence-electron chi connectivity index (χ3n) is 4.85. The van der Waals surface area contributed by atoms with Gasteiger partial charge in [0.2, 0.25) is 0 Å². The first-order chi connectivity index (χ1) is 9.90. The maximum atomic E-state index is 5.78. The third kappa shape index (κ3) is 1.33. The number of benzene rings is 1. The Hall–Kier alpha value is -2.00. The summed E-state index contributed by atoms with van der Waals surface area (Å²) in [7, 11) is 0. The van der Waals surface area contributed by atoms with E-state index in [-0.39, 0.29) is 0 Å². The molecule has 0 saturated heterocycles. The Labute approximate surface area is 117 Å². The lowest BCUT2D eigenvalue weighted by Crippen LogP contribution is -2.38. The van der Waals surface area contributed by atoms with Gasteiger partial charge in [0.15, 0.2) is 0 Å². The van der Waals surface area contributed by atoms with E-state index in [2.05, 4.69) is 40.2 Å². The summed E-state index contributed by atoms with van der Waals surface area (Å²) in [5.41, 5.74) is 5.52. The zero-order chi connectivity index (χ0) is 13.1. The molecule has 0 fully saturated rings. The highest BCUT2D eigenvalue weighted by molar-refractivity contribution is 5.85. The largest absolute Gasteiger partial charge is 0.467 e. The fourth-order valence-corrected chi connectivity index (χ4v) is 3.86. The lowest BCUT2D eigenvalue weighted by atomic mass is 9.90. The van der Waals surface area contributed by atoms with Gasteiger partial charge in [-0.1, -0.05) is 18.2 Å². The van der Waals surface area contributed by atoms with Gasteiger partial charge in [-0.25, -0.2) is 0 Å². The van der Waals surface area contributed by atoms with E-state index in [1.165, 1.54) is 33.5 Å². The van der Waals surface area contributed by atoms with Crippen molar-refractivity contribution in [2.75, 3.05) is 6.54 Å². The molecule has 2 aliphatic rings. The molecule has 0 aliphatic carbocycles. The standard InChI is InChI=1S/C17H16N2O/c1-2-4-14-12(3-1)13-9-16-17-11(6-8-20-17)5-7-19(16)10-15(13)18-14/h1-4,6,8,16,18H,5,7,9-10H2/t16-/m0/s1. The molecule has 0 bridgehead atoms. The Morgan fingerprint density at radius 3 is 3.15 bits per heavy atom. The van der Waals surface area contributed by atoms with Crippen LogP contribution in [0.25, 0.3) is 10.9 Å². The highest BCUT2D eigenvalue weighted by atomic mass is 16.3. The van der Waals surface area contributed by atoms with Gasteiger partial charge >= 0.3 is 0 Å². The first-order valence-electron chi connectivity index (χ1n) is 7.29. The van der Waals surface area contributed by atoms with Crippen molar-refractivity contribution in [2.24, 2.45) is 0 Å². The SMILES string of the molecule is c1ccc2c3c([nH]c2c1)CN1CCc2ccoc2[C@@H]1C3. The van der Waals surface area contributed by atoms with Gasteiger partial charge in [0.25, 0.3) is 0 Å². The molecule has 0 spiro atoms. The second-order valence-electron chi connectivity index (χ2n) is 5.88. The quantitative estimate of drug-likeness (QED) is 0.674. The zero-order valence-electron chi connectivity index (χ0n) is 11.2. The lowest BCUT2D eigenvalue weighted by molar-refractivity contribution is 0.137. The van der Waals surface area contributed by atoms with Crippen molar-refractivity contribution in [1.29, 1.82) is 0 Å². The average molecular weight is 264 g/mol. The van der Waals surface area contributed by atoms with E-state index in [0.717, 1.165) is 25.9 Å². The fraction of sp³-hybridized carbons (Fsp3) is 0.294. The zero-order valence-corrected chi connectivity index (χ0v) is 11.2. The van der Waals surface area contributed by atoms with Crippen molar-refractivity contribution < 1.29 is 4.42 Å². The molecule has 1 aromatic carbocycles. The van der Waals surface area contributed by atoms with Crippen LogP contribution in [-0.4, -0.2) is 16.4 Å². The summed E-state index contributed by atoms with van der Waals surface area (Å²) in [5.74, 6) is 1.19. The van der Waals surface area contributed by atoms with E-state index in [1.54, 1.807) is 0 Å². The van der Waals surface area contributed by atoms with Crippen LogP contribution in [0.2, 0.25) is 0 Å². The Bertz CT molecular complexity index is 798. The number of nitrogens with zero attached hydrogens (tertiary/aromatic N) is 1. The summed E-state index contributed by atoms with van der Waals surface area (Å²) < 4.78 is 5.78. The average Bonchev–Trinajstić information content (AvgIpc) is 3.09. The van der Waals surface area contributed by atoms with Gasteiger partial charge in [-0.15, -0.1) is 0 Å². The van der Waals surface area contributed by atoms with Crippen LogP contribution in [0.15, 0.2) is 41.0 Å². The molecule has 5 rings (SSSR count). The van der Waals surface area contributed by atoms with Crippen molar-refractivity contribution in [2.45, 2.75) is 25.4 Å². The highest BCUT2D eigenvalue weighted by Crippen LogP contribution is 2.40. The molecule has 0 amide bonds. The molecule has 1 atom stereocenters. The van der Waals surface area contributed by atoms with Crippen molar-refractivity contribution in [3.63, 3.8) is 0 Å². The number of aromatic nitrogens is 1. The number of rotatable bonds is 0. The fourth-order valence-electron chi connectivity index (χ4n) is 3.86. The Morgan fingerprint density at radius 1 is 1.20 bits per heavy atom. The summed E-state index contributed by atoms with van der Waals surface area (Å²) in [5, 5.41) is 1.38. The van der Waals surface area contributed by atoms with E-state index in [9.17, 15) is 0 Å². The minimum atomic E-state index is 0.417. The summed E-state index contributed by atoms with van der Waals surface area (Å²) in [4.78, 5) is 6.14. The van der Waals surface area contributed by atoms with E-state index < -0.39 is 0 Å². The maximum Gasteiger partial charge on any atom is 0.124 e. The molecule has 3 aromatic rings. The lowest BCUT2D eigenvalue weighted by Gasteiger charge is -2.38. The van der Waals surface area contributed by atoms with Crippen LogP contribution in [0, 0.1) is 0 Å². The Balaban J connectivity index is 1.68. The first kappa shape index (κ1) is 10.7. The van der Waals surface area contributed by atoms with Crippen molar-refractivity contribution in [1.82, 2.24) is 9.88 Å². The molecule has 3 heteroatoms. The number of nitrogens with one attached hydrogen (secondary N) is 1. The van der Waals surface area contributed by atoms with Crippen LogP contribution in [0.5, 0.6) is 0 Å². The molecular weight excluding hydrogens is 248 g/mol. The van der Waals surface area contributed by atoms with Gasteiger partial charge < -0.3 is 9.40 Å². The molecule has 3 nitrogen and oxygen atoms in total. The van der Waals surface area contributed by atoms with Gasteiger partial charge in [0.1, 0.15) is 5.76 Å². The van der Waals surface area contributed by atoms with Crippen molar-refractivity contribution >= 4 is 10.9 Å². The monoisotopic (exact) mass is 264 g/mol. The molecule has 2 aliphatic heterocycles. The molecule has 2 aromatic heterocycles. The van der Waals surface area contributed by atoms with Crippen LogP contribution >= 0.6 is 0 Å². The Morgan fingerprint density at radius 2 is 2.15 bits per heavy atom. The maximum absolute atomic E-state index is 5.78. The van der Waals surface area contributed by atoms with Crippen LogP contribution in [0.4, 0.5) is 0 Å². The number of hydrogen-bond acceptors (Lipinski definition) is 2. The summed E-state index contributed by atoms with van der Waals surface area (Å²) >= 11 is 0. The number of H-pyrrole nitrogens is 1. The minimum absolute atomic E-state index is 0.417. The predicted molar refractivity (Wildman–Crippen MR) is 77.6 cm³/mol. The molecule has 0 radical (unpaired) electrons. The molecule has 20 heavy (non-hydrogen) atoms. The number of aromatic amines is 1.